The van der Waals surface area contributed by atoms with Crippen LogP contribution >= 0.6 is 0 Å². The normalized spacial score (nSPS) is 19.3. The van der Waals surface area contributed by atoms with E-state index in [4.69, 9.17) is 5.73 Å². The molecule has 0 bridgehead atoms. The zero-order valence-electron chi connectivity index (χ0n) is 11.9. The van der Waals surface area contributed by atoms with Crippen molar-refractivity contribution in [2.24, 2.45) is 0 Å². The van der Waals surface area contributed by atoms with Gasteiger partial charge < -0.3 is 15.5 Å². The third-order valence-corrected chi connectivity index (χ3v) is 3.71. The van der Waals surface area contributed by atoms with Gasteiger partial charge in [0.15, 0.2) is 0 Å². The van der Waals surface area contributed by atoms with E-state index in [0.29, 0.717) is 13.1 Å². The lowest BCUT2D eigenvalue weighted by Gasteiger charge is -2.21. The van der Waals surface area contributed by atoms with Crippen molar-refractivity contribution in [3.05, 3.63) is 29.3 Å². The zero-order valence-corrected chi connectivity index (χ0v) is 11.9. The maximum absolute atomic E-state index is 12.8. The summed E-state index contributed by atoms with van der Waals surface area (Å²) in [5.74, 6) is -0.405. The summed E-state index contributed by atoms with van der Waals surface area (Å²) in [6, 6.07) is 3.23. The van der Waals surface area contributed by atoms with Gasteiger partial charge in [0.2, 0.25) is 0 Å². The Bertz CT molecular complexity index is 543. The smallest absolute Gasteiger partial charge is 0.399 e. The van der Waals surface area contributed by atoms with Gasteiger partial charge >= 0.3 is 6.18 Å². The number of hydrogen-bond acceptors (Lipinski definition) is 3. The number of rotatable bonds is 2. The number of anilines is 1. The number of hydrogen-bond donors (Lipinski definition) is 1. The summed E-state index contributed by atoms with van der Waals surface area (Å²) < 4.78 is 38.3. The van der Waals surface area contributed by atoms with E-state index in [1.54, 1.807) is 4.90 Å². The second kappa shape index (κ2) is 5.55. The highest BCUT2D eigenvalue weighted by Crippen LogP contribution is 2.31. The Hall–Kier alpha value is -1.76. The molecule has 1 aromatic carbocycles. The third-order valence-electron chi connectivity index (χ3n) is 3.71. The van der Waals surface area contributed by atoms with Crippen LogP contribution < -0.4 is 5.73 Å². The monoisotopic (exact) mass is 301 g/mol. The van der Waals surface area contributed by atoms with Crippen LogP contribution in [0.5, 0.6) is 0 Å². The molecule has 1 aliphatic heterocycles. The van der Waals surface area contributed by atoms with E-state index in [2.05, 4.69) is 0 Å². The molecular weight excluding hydrogens is 283 g/mol. The first-order chi connectivity index (χ1) is 9.68. The standard InChI is InChI=1S/C14H18F3N3O/c1-19(2)12-3-4-20(8-12)13(21)9-5-10(14(15,16)17)7-11(18)6-9/h5-7,12H,3-4,8,18H2,1-2H3. The van der Waals surface area contributed by atoms with Gasteiger partial charge in [0.25, 0.3) is 5.91 Å². The number of nitrogen functional groups attached to an aromatic ring is 1. The fourth-order valence-electron chi connectivity index (χ4n) is 2.47. The number of benzene rings is 1. The molecule has 1 aromatic rings. The van der Waals surface area contributed by atoms with Crippen LogP contribution in [0.25, 0.3) is 0 Å². The van der Waals surface area contributed by atoms with Crippen LogP contribution in [0.1, 0.15) is 22.3 Å². The molecule has 2 N–H and O–H groups in total. The van der Waals surface area contributed by atoms with Gasteiger partial charge in [-0.3, -0.25) is 4.79 Å². The van der Waals surface area contributed by atoms with Crippen molar-refractivity contribution in [3.63, 3.8) is 0 Å². The lowest BCUT2D eigenvalue weighted by Crippen LogP contribution is -2.34. The maximum atomic E-state index is 12.8. The van der Waals surface area contributed by atoms with E-state index in [1.165, 1.54) is 6.07 Å². The minimum Gasteiger partial charge on any atom is -0.399 e. The molecule has 1 heterocycles. The summed E-state index contributed by atoms with van der Waals surface area (Å²) in [6.45, 7) is 1.06. The van der Waals surface area contributed by atoms with Gasteiger partial charge in [0.05, 0.1) is 5.56 Å². The number of likely N-dealkylation sites (N-methyl/N-ethyl adjacent to an activating group) is 1. The van der Waals surface area contributed by atoms with Crippen LogP contribution in [0.2, 0.25) is 0 Å². The van der Waals surface area contributed by atoms with Gasteiger partial charge in [-0.25, -0.2) is 0 Å². The number of carbonyl (C=O) groups is 1. The number of likely N-dealkylation sites (tertiary alicyclic amines) is 1. The minimum atomic E-state index is -4.51. The Morgan fingerprint density at radius 3 is 2.52 bits per heavy atom. The van der Waals surface area contributed by atoms with Gasteiger partial charge in [-0.2, -0.15) is 13.2 Å². The summed E-state index contributed by atoms with van der Waals surface area (Å²) >= 11 is 0. The predicted molar refractivity (Wildman–Crippen MR) is 73.9 cm³/mol. The third kappa shape index (κ3) is 3.47. The molecule has 0 aromatic heterocycles. The van der Waals surface area contributed by atoms with E-state index < -0.39 is 17.6 Å². The van der Waals surface area contributed by atoms with Gasteiger partial charge in [0, 0.05) is 30.4 Å². The fourth-order valence-corrected chi connectivity index (χ4v) is 2.47. The van der Waals surface area contributed by atoms with Crippen LogP contribution in [0, 0.1) is 0 Å². The summed E-state index contributed by atoms with van der Waals surface area (Å²) in [4.78, 5) is 15.9. The first kappa shape index (κ1) is 15.6. The molecule has 21 heavy (non-hydrogen) atoms. The molecule has 4 nitrogen and oxygen atoms in total. The van der Waals surface area contributed by atoms with Gasteiger partial charge in [0.1, 0.15) is 0 Å². The molecule has 0 aliphatic carbocycles. The second-order valence-corrected chi connectivity index (χ2v) is 5.50. The molecule has 1 unspecified atom stereocenters. The van der Waals surface area contributed by atoms with Crippen LogP contribution in [-0.2, 0) is 6.18 Å². The minimum absolute atomic E-state index is 0.0123. The van der Waals surface area contributed by atoms with E-state index in [0.717, 1.165) is 18.6 Å². The summed E-state index contributed by atoms with van der Waals surface area (Å²) in [5.41, 5.74) is 4.52. The lowest BCUT2D eigenvalue weighted by molar-refractivity contribution is -0.137. The molecule has 116 valence electrons. The fraction of sp³-hybridized carbons (Fsp3) is 0.500. The number of nitrogens with two attached hydrogens (primary N) is 1. The van der Waals surface area contributed by atoms with Crippen molar-refractivity contribution >= 4 is 11.6 Å². The Labute approximate surface area is 121 Å². The van der Waals surface area contributed by atoms with Crippen molar-refractivity contribution in [1.82, 2.24) is 9.80 Å². The highest BCUT2D eigenvalue weighted by molar-refractivity contribution is 5.95. The van der Waals surface area contributed by atoms with Crippen molar-refractivity contribution in [2.75, 3.05) is 32.9 Å². The van der Waals surface area contributed by atoms with Crippen LogP contribution in [-0.4, -0.2) is 48.9 Å². The molecule has 1 amide bonds. The molecule has 1 aliphatic rings. The number of halogens is 3. The number of nitrogens with zero attached hydrogens (tertiary/aromatic N) is 2. The van der Waals surface area contributed by atoms with E-state index in [-0.39, 0.29) is 17.3 Å². The van der Waals surface area contributed by atoms with Gasteiger partial charge in [-0.15, -0.1) is 0 Å². The average Bonchev–Trinajstić information content (AvgIpc) is 2.85. The number of alkyl halides is 3. The van der Waals surface area contributed by atoms with Gasteiger partial charge in [-0.05, 0) is 38.7 Å². The SMILES string of the molecule is CN(C)C1CCN(C(=O)c2cc(N)cc(C(F)(F)F)c2)C1. The van der Waals surface area contributed by atoms with Crippen molar-refractivity contribution in [3.8, 4) is 0 Å². The summed E-state index contributed by atoms with van der Waals surface area (Å²) in [7, 11) is 3.84. The Morgan fingerprint density at radius 1 is 1.33 bits per heavy atom. The molecule has 0 saturated carbocycles. The average molecular weight is 301 g/mol. The first-order valence-electron chi connectivity index (χ1n) is 6.62. The highest BCUT2D eigenvalue weighted by atomic mass is 19.4. The second-order valence-electron chi connectivity index (χ2n) is 5.50. The maximum Gasteiger partial charge on any atom is 0.416 e. The molecule has 1 fully saturated rings. The van der Waals surface area contributed by atoms with Crippen molar-refractivity contribution < 1.29 is 18.0 Å². The Kier molecular flexibility index (Phi) is 4.13. The van der Waals surface area contributed by atoms with Crippen molar-refractivity contribution in [2.45, 2.75) is 18.6 Å². The van der Waals surface area contributed by atoms with E-state index in [1.807, 2.05) is 19.0 Å². The quantitative estimate of drug-likeness (QED) is 0.851. The molecule has 1 atom stereocenters. The van der Waals surface area contributed by atoms with Crippen LogP contribution in [0.3, 0.4) is 0 Å². The van der Waals surface area contributed by atoms with Crippen LogP contribution in [0.15, 0.2) is 18.2 Å². The molecule has 0 spiro atoms. The Morgan fingerprint density at radius 2 is 2.00 bits per heavy atom. The topological polar surface area (TPSA) is 49.6 Å². The highest BCUT2D eigenvalue weighted by Gasteiger charge is 2.33. The lowest BCUT2D eigenvalue weighted by atomic mass is 10.1. The molecule has 0 radical (unpaired) electrons. The molecule has 7 heteroatoms. The Balaban J connectivity index is 2.22. The number of amides is 1. The van der Waals surface area contributed by atoms with Crippen LogP contribution in [0.4, 0.5) is 18.9 Å². The summed E-state index contributed by atoms with van der Waals surface area (Å²) in [5, 5.41) is 0. The summed E-state index contributed by atoms with van der Waals surface area (Å²) in [6.07, 6.45) is -3.70. The predicted octanol–water partition coefficient (Wildman–Crippen LogP) is 2.06. The van der Waals surface area contributed by atoms with E-state index >= 15 is 0 Å². The molecule has 1 saturated heterocycles. The van der Waals surface area contributed by atoms with Gasteiger partial charge in [-0.1, -0.05) is 0 Å². The van der Waals surface area contributed by atoms with Crippen molar-refractivity contribution in [1.29, 1.82) is 0 Å². The number of carbonyl (C=O) groups excluding carboxylic acids is 1. The largest absolute Gasteiger partial charge is 0.416 e. The first-order valence-corrected chi connectivity index (χ1v) is 6.62. The van der Waals surface area contributed by atoms with E-state index in [9.17, 15) is 18.0 Å². The molecule has 2 rings (SSSR count). The molecular formula is C14H18F3N3O. The zero-order chi connectivity index (χ0) is 15.8.